The zero-order valence-corrected chi connectivity index (χ0v) is 9.78. The Morgan fingerprint density at radius 2 is 2.12 bits per heavy atom. The minimum Gasteiger partial charge on any atom is -0.334 e. The predicted molar refractivity (Wildman–Crippen MR) is 64.6 cm³/mol. The van der Waals surface area contributed by atoms with Gasteiger partial charge in [-0.05, 0) is 37.1 Å². The minimum absolute atomic E-state index is 0.0598. The third kappa shape index (κ3) is 2.20. The molecule has 0 radical (unpaired) electrons. The molecule has 0 aliphatic carbocycles. The van der Waals surface area contributed by atoms with E-state index in [0.29, 0.717) is 17.1 Å². The molecule has 1 aliphatic rings. The standard InChI is InChI=1S/C12H15ClN2O/c13-10-5-3-9(4-6-10)12(16)15-7-1-2-11(15)8-14/h3-6,11H,1-2,7-8,14H2. The molecule has 1 amide bonds. The average Bonchev–Trinajstić information content (AvgIpc) is 2.77. The molecule has 1 aromatic rings. The molecule has 0 spiro atoms. The third-order valence-corrected chi connectivity index (χ3v) is 3.25. The maximum Gasteiger partial charge on any atom is 0.254 e. The number of nitrogens with two attached hydrogens (primary N) is 1. The summed E-state index contributed by atoms with van der Waals surface area (Å²) in [6.07, 6.45) is 2.05. The summed E-state index contributed by atoms with van der Waals surface area (Å²) >= 11 is 5.79. The zero-order chi connectivity index (χ0) is 11.5. The smallest absolute Gasteiger partial charge is 0.254 e. The topological polar surface area (TPSA) is 46.3 Å². The van der Waals surface area contributed by atoms with Gasteiger partial charge < -0.3 is 10.6 Å². The van der Waals surface area contributed by atoms with Crippen molar-refractivity contribution in [1.29, 1.82) is 0 Å². The zero-order valence-electron chi connectivity index (χ0n) is 9.03. The molecule has 2 rings (SSSR count). The lowest BCUT2D eigenvalue weighted by atomic mass is 10.1. The molecule has 1 atom stereocenters. The van der Waals surface area contributed by atoms with E-state index in [1.54, 1.807) is 24.3 Å². The van der Waals surface area contributed by atoms with E-state index in [9.17, 15) is 4.79 Å². The van der Waals surface area contributed by atoms with E-state index in [0.717, 1.165) is 19.4 Å². The van der Waals surface area contributed by atoms with Crippen molar-refractivity contribution in [2.75, 3.05) is 13.1 Å². The third-order valence-electron chi connectivity index (χ3n) is 3.00. The maximum absolute atomic E-state index is 12.2. The summed E-state index contributed by atoms with van der Waals surface area (Å²) in [5.41, 5.74) is 6.33. The van der Waals surface area contributed by atoms with Crippen molar-refractivity contribution in [1.82, 2.24) is 4.90 Å². The van der Waals surface area contributed by atoms with E-state index in [1.807, 2.05) is 4.90 Å². The quantitative estimate of drug-likeness (QED) is 0.856. The van der Waals surface area contributed by atoms with Crippen molar-refractivity contribution in [2.45, 2.75) is 18.9 Å². The second-order valence-electron chi connectivity index (χ2n) is 4.04. The number of benzene rings is 1. The molecule has 1 heterocycles. The summed E-state index contributed by atoms with van der Waals surface area (Å²) < 4.78 is 0. The van der Waals surface area contributed by atoms with E-state index in [1.165, 1.54) is 0 Å². The van der Waals surface area contributed by atoms with Gasteiger partial charge in [0, 0.05) is 29.7 Å². The molecule has 1 aliphatic heterocycles. The summed E-state index contributed by atoms with van der Waals surface area (Å²) in [5, 5.41) is 0.647. The van der Waals surface area contributed by atoms with Crippen LogP contribution >= 0.6 is 11.6 Å². The van der Waals surface area contributed by atoms with E-state index >= 15 is 0 Å². The van der Waals surface area contributed by atoms with Crippen LogP contribution in [0.25, 0.3) is 0 Å². The number of carbonyl (C=O) groups is 1. The number of hydrogen-bond donors (Lipinski definition) is 1. The predicted octanol–water partition coefficient (Wildman–Crippen LogP) is 1.90. The fourth-order valence-corrected chi connectivity index (χ4v) is 2.23. The van der Waals surface area contributed by atoms with Gasteiger partial charge in [-0.15, -0.1) is 0 Å². The summed E-state index contributed by atoms with van der Waals surface area (Å²) in [6.45, 7) is 1.35. The molecule has 3 nitrogen and oxygen atoms in total. The van der Waals surface area contributed by atoms with Gasteiger partial charge in [0.15, 0.2) is 0 Å². The van der Waals surface area contributed by atoms with Gasteiger partial charge in [-0.1, -0.05) is 11.6 Å². The van der Waals surface area contributed by atoms with Crippen LogP contribution in [0, 0.1) is 0 Å². The second kappa shape index (κ2) is 4.85. The Labute approximate surface area is 100 Å². The Morgan fingerprint density at radius 3 is 2.75 bits per heavy atom. The molecule has 86 valence electrons. The molecular weight excluding hydrogens is 224 g/mol. The van der Waals surface area contributed by atoms with Crippen molar-refractivity contribution < 1.29 is 4.79 Å². The lowest BCUT2D eigenvalue weighted by Gasteiger charge is -2.23. The first-order valence-corrected chi connectivity index (χ1v) is 5.87. The number of carbonyl (C=O) groups excluding carboxylic acids is 1. The molecule has 2 N–H and O–H groups in total. The van der Waals surface area contributed by atoms with Crippen LogP contribution in [0.15, 0.2) is 24.3 Å². The highest BCUT2D eigenvalue weighted by Gasteiger charge is 2.27. The molecule has 1 unspecified atom stereocenters. The first-order valence-electron chi connectivity index (χ1n) is 5.49. The van der Waals surface area contributed by atoms with Gasteiger partial charge in [-0.3, -0.25) is 4.79 Å². The van der Waals surface area contributed by atoms with Crippen LogP contribution in [0.3, 0.4) is 0 Å². The first-order chi connectivity index (χ1) is 7.72. The Balaban J connectivity index is 2.15. The molecular formula is C12H15ClN2O. The van der Waals surface area contributed by atoms with Crippen LogP contribution in [0.5, 0.6) is 0 Å². The van der Waals surface area contributed by atoms with Gasteiger partial charge in [-0.2, -0.15) is 0 Å². The fraction of sp³-hybridized carbons (Fsp3) is 0.417. The number of amides is 1. The largest absolute Gasteiger partial charge is 0.334 e. The van der Waals surface area contributed by atoms with Crippen molar-refractivity contribution in [3.8, 4) is 0 Å². The Kier molecular flexibility index (Phi) is 3.46. The van der Waals surface area contributed by atoms with Crippen LogP contribution in [-0.4, -0.2) is 29.9 Å². The minimum atomic E-state index is 0.0598. The Bertz CT molecular complexity index is 377. The van der Waals surface area contributed by atoms with Crippen molar-refractivity contribution in [3.63, 3.8) is 0 Å². The van der Waals surface area contributed by atoms with Crippen LogP contribution in [0.4, 0.5) is 0 Å². The number of nitrogens with zero attached hydrogens (tertiary/aromatic N) is 1. The van der Waals surface area contributed by atoms with Crippen molar-refractivity contribution in [2.24, 2.45) is 5.73 Å². The van der Waals surface area contributed by atoms with Crippen LogP contribution in [0.2, 0.25) is 5.02 Å². The Morgan fingerprint density at radius 1 is 1.44 bits per heavy atom. The second-order valence-corrected chi connectivity index (χ2v) is 4.47. The van der Waals surface area contributed by atoms with Crippen molar-refractivity contribution in [3.05, 3.63) is 34.9 Å². The Hall–Kier alpha value is -1.06. The number of halogens is 1. The molecule has 1 aromatic carbocycles. The fourth-order valence-electron chi connectivity index (χ4n) is 2.11. The van der Waals surface area contributed by atoms with Gasteiger partial charge in [-0.25, -0.2) is 0 Å². The van der Waals surface area contributed by atoms with Crippen LogP contribution in [0.1, 0.15) is 23.2 Å². The first kappa shape index (κ1) is 11.4. The summed E-state index contributed by atoms with van der Waals surface area (Å²) in [6, 6.07) is 7.20. The highest BCUT2D eigenvalue weighted by atomic mass is 35.5. The molecule has 1 saturated heterocycles. The highest BCUT2D eigenvalue weighted by Crippen LogP contribution is 2.20. The molecule has 0 bridgehead atoms. The number of likely N-dealkylation sites (tertiary alicyclic amines) is 1. The normalized spacial score (nSPS) is 20.1. The molecule has 1 fully saturated rings. The molecule has 16 heavy (non-hydrogen) atoms. The molecule has 0 saturated carbocycles. The van der Waals surface area contributed by atoms with Gasteiger partial charge >= 0.3 is 0 Å². The SMILES string of the molecule is NCC1CCCN1C(=O)c1ccc(Cl)cc1. The maximum atomic E-state index is 12.2. The molecule has 0 aromatic heterocycles. The monoisotopic (exact) mass is 238 g/mol. The summed E-state index contributed by atoms with van der Waals surface area (Å²) in [7, 11) is 0. The lowest BCUT2D eigenvalue weighted by Crippen LogP contribution is -2.39. The summed E-state index contributed by atoms with van der Waals surface area (Å²) in [4.78, 5) is 14.0. The highest BCUT2D eigenvalue weighted by molar-refractivity contribution is 6.30. The van der Waals surface area contributed by atoms with Gasteiger partial charge in [0.2, 0.25) is 0 Å². The average molecular weight is 239 g/mol. The number of rotatable bonds is 2. The van der Waals surface area contributed by atoms with Gasteiger partial charge in [0.25, 0.3) is 5.91 Å². The molecule has 4 heteroatoms. The van der Waals surface area contributed by atoms with Gasteiger partial charge in [0.05, 0.1) is 0 Å². The summed E-state index contributed by atoms with van der Waals surface area (Å²) in [5.74, 6) is 0.0598. The lowest BCUT2D eigenvalue weighted by molar-refractivity contribution is 0.0741. The number of hydrogen-bond acceptors (Lipinski definition) is 2. The van der Waals surface area contributed by atoms with E-state index < -0.39 is 0 Å². The van der Waals surface area contributed by atoms with E-state index in [4.69, 9.17) is 17.3 Å². The van der Waals surface area contributed by atoms with E-state index in [-0.39, 0.29) is 11.9 Å². The van der Waals surface area contributed by atoms with Crippen LogP contribution in [-0.2, 0) is 0 Å². The van der Waals surface area contributed by atoms with Crippen molar-refractivity contribution >= 4 is 17.5 Å². The van der Waals surface area contributed by atoms with E-state index in [2.05, 4.69) is 0 Å². The van der Waals surface area contributed by atoms with Gasteiger partial charge in [0.1, 0.15) is 0 Å². The van der Waals surface area contributed by atoms with Crippen LogP contribution < -0.4 is 5.73 Å².